The van der Waals surface area contributed by atoms with Crippen LogP contribution in [0.3, 0.4) is 0 Å². The molecule has 1 fully saturated rings. The third kappa shape index (κ3) is 5.96. The molecule has 1 aliphatic rings. The van der Waals surface area contributed by atoms with Crippen molar-refractivity contribution in [3.8, 4) is 5.75 Å². The van der Waals surface area contributed by atoms with Crippen molar-refractivity contribution in [2.45, 2.75) is 32.2 Å². The van der Waals surface area contributed by atoms with Gasteiger partial charge in [0, 0.05) is 24.3 Å². The number of carbonyl (C=O) groups is 1. The highest BCUT2D eigenvalue weighted by molar-refractivity contribution is 7.80. The van der Waals surface area contributed by atoms with Crippen LogP contribution in [0.25, 0.3) is 0 Å². The van der Waals surface area contributed by atoms with Gasteiger partial charge in [-0.15, -0.1) is 0 Å². The molecule has 1 aliphatic heterocycles. The summed E-state index contributed by atoms with van der Waals surface area (Å²) < 4.78 is 5.73. The second-order valence-corrected chi connectivity index (χ2v) is 7.46. The van der Waals surface area contributed by atoms with Crippen molar-refractivity contribution in [1.29, 1.82) is 0 Å². The Hall–Kier alpha value is -2.60. The van der Waals surface area contributed by atoms with E-state index in [1.807, 2.05) is 66.4 Å². The molecule has 1 heterocycles. The lowest BCUT2D eigenvalue weighted by Crippen LogP contribution is -2.39. The Morgan fingerprint density at radius 2 is 1.75 bits per heavy atom. The summed E-state index contributed by atoms with van der Waals surface area (Å²) in [7, 11) is 0. The van der Waals surface area contributed by atoms with Crippen LogP contribution in [0, 0.1) is 0 Å². The molecule has 0 aliphatic carbocycles. The number of hydrogen-bond donors (Lipinski definition) is 2. The van der Waals surface area contributed by atoms with E-state index in [1.165, 1.54) is 6.42 Å². The molecule has 0 radical (unpaired) electrons. The Balaban J connectivity index is 1.45. The monoisotopic (exact) mass is 397 g/mol. The van der Waals surface area contributed by atoms with Gasteiger partial charge < -0.3 is 20.3 Å². The Labute approximate surface area is 172 Å². The zero-order chi connectivity index (χ0) is 19.8. The lowest BCUT2D eigenvalue weighted by atomic mass is 10.1. The van der Waals surface area contributed by atoms with Gasteiger partial charge in [0.25, 0.3) is 5.91 Å². The number of carbonyl (C=O) groups excluding carboxylic acids is 1. The van der Waals surface area contributed by atoms with Gasteiger partial charge >= 0.3 is 0 Å². The Bertz CT molecular complexity index is 774. The van der Waals surface area contributed by atoms with Gasteiger partial charge in [-0.2, -0.15) is 0 Å². The fraction of sp³-hybridized carbons (Fsp3) is 0.364. The summed E-state index contributed by atoms with van der Waals surface area (Å²) in [5.74, 6) is 0.947. The van der Waals surface area contributed by atoms with Gasteiger partial charge in [-0.25, -0.2) is 0 Å². The second-order valence-electron chi connectivity index (χ2n) is 7.05. The highest BCUT2D eigenvalue weighted by Gasteiger charge is 2.17. The average molecular weight is 398 g/mol. The van der Waals surface area contributed by atoms with Crippen molar-refractivity contribution in [1.82, 2.24) is 10.2 Å². The number of nitrogens with zero attached hydrogens (tertiary/aromatic N) is 1. The molecule has 0 saturated carbocycles. The SMILES string of the molecule is CC(COc1ccccc1)NC(=S)Nc1ccc(C(=O)N2CCCCC2)cc1. The van der Waals surface area contributed by atoms with E-state index in [9.17, 15) is 4.79 Å². The van der Waals surface area contributed by atoms with E-state index in [-0.39, 0.29) is 11.9 Å². The van der Waals surface area contributed by atoms with Gasteiger partial charge in [-0.05, 0) is 74.8 Å². The van der Waals surface area contributed by atoms with Gasteiger partial charge in [0.15, 0.2) is 5.11 Å². The van der Waals surface area contributed by atoms with Gasteiger partial charge in [0.2, 0.25) is 0 Å². The van der Waals surface area contributed by atoms with Crippen LogP contribution in [-0.2, 0) is 0 Å². The molecule has 1 amide bonds. The maximum absolute atomic E-state index is 12.5. The number of piperidine rings is 1. The van der Waals surface area contributed by atoms with Crippen molar-refractivity contribution in [2.75, 3.05) is 25.0 Å². The van der Waals surface area contributed by atoms with E-state index in [0.29, 0.717) is 11.7 Å². The molecule has 1 atom stereocenters. The van der Waals surface area contributed by atoms with Crippen molar-refractivity contribution >= 4 is 28.9 Å². The summed E-state index contributed by atoms with van der Waals surface area (Å²) in [5.41, 5.74) is 1.57. The molecule has 3 rings (SSSR count). The second kappa shape index (κ2) is 10.1. The van der Waals surface area contributed by atoms with Gasteiger partial charge in [0.1, 0.15) is 12.4 Å². The summed E-state index contributed by atoms with van der Waals surface area (Å²) in [6, 6.07) is 17.2. The topological polar surface area (TPSA) is 53.6 Å². The van der Waals surface area contributed by atoms with E-state index in [2.05, 4.69) is 10.6 Å². The van der Waals surface area contributed by atoms with Crippen LogP contribution >= 0.6 is 12.2 Å². The molecule has 2 N–H and O–H groups in total. The fourth-order valence-corrected chi connectivity index (χ4v) is 3.47. The first kappa shape index (κ1) is 20.1. The molecule has 2 aromatic rings. The van der Waals surface area contributed by atoms with Crippen molar-refractivity contribution in [3.05, 3.63) is 60.2 Å². The average Bonchev–Trinajstić information content (AvgIpc) is 2.73. The normalized spacial score (nSPS) is 14.8. The zero-order valence-corrected chi connectivity index (χ0v) is 17.0. The molecule has 1 unspecified atom stereocenters. The summed E-state index contributed by atoms with van der Waals surface area (Å²) in [4.78, 5) is 14.5. The number of hydrogen-bond acceptors (Lipinski definition) is 3. The minimum Gasteiger partial charge on any atom is -0.491 e. The Kier molecular flexibility index (Phi) is 7.25. The first-order valence-electron chi connectivity index (χ1n) is 9.76. The van der Waals surface area contributed by atoms with Crippen molar-refractivity contribution < 1.29 is 9.53 Å². The minimum atomic E-state index is 0.0557. The number of amides is 1. The molecule has 6 heteroatoms. The Morgan fingerprint density at radius 1 is 1.07 bits per heavy atom. The van der Waals surface area contributed by atoms with Crippen LogP contribution in [0.5, 0.6) is 5.75 Å². The van der Waals surface area contributed by atoms with Crippen LogP contribution in [-0.4, -0.2) is 41.7 Å². The van der Waals surface area contributed by atoms with Crippen LogP contribution in [0.15, 0.2) is 54.6 Å². The van der Waals surface area contributed by atoms with Gasteiger partial charge in [-0.1, -0.05) is 18.2 Å². The third-order valence-corrected chi connectivity index (χ3v) is 4.87. The molecule has 0 aromatic heterocycles. The fourth-order valence-electron chi connectivity index (χ4n) is 3.15. The first-order valence-corrected chi connectivity index (χ1v) is 10.2. The van der Waals surface area contributed by atoms with E-state index >= 15 is 0 Å². The number of benzene rings is 2. The van der Waals surface area contributed by atoms with Crippen LogP contribution in [0.1, 0.15) is 36.5 Å². The summed E-state index contributed by atoms with van der Waals surface area (Å²) in [5, 5.41) is 6.89. The van der Waals surface area contributed by atoms with E-state index in [1.54, 1.807) is 0 Å². The van der Waals surface area contributed by atoms with E-state index in [0.717, 1.165) is 42.9 Å². The molecule has 148 valence electrons. The molecule has 0 bridgehead atoms. The Morgan fingerprint density at radius 3 is 2.43 bits per heavy atom. The number of rotatable bonds is 6. The van der Waals surface area contributed by atoms with Crippen molar-refractivity contribution in [2.24, 2.45) is 0 Å². The maximum atomic E-state index is 12.5. The first-order chi connectivity index (χ1) is 13.6. The van der Waals surface area contributed by atoms with Gasteiger partial charge in [-0.3, -0.25) is 4.79 Å². The molecule has 1 saturated heterocycles. The predicted octanol–water partition coefficient (Wildman–Crippen LogP) is 4.07. The van der Waals surface area contributed by atoms with Crippen LogP contribution < -0.4 is 15.4 Å². The summed E-state index contributed by atoms with van der Waals surface area (Å²) >= 11 is 5.38. The van der Waals surface area contributed by atoms with E-state index < -0.39 is 0 Å². The molecule has 2 aromatic carbocycles. The molecule has 0 spiro atoms. The van der Waals surface area contributed by atoms with E-state index in [4.69, 9.17) is 17.0 Å². The number of para-hydroxylation sites is 1. The minimum absolute atomic E-state index is 0.0557. The number of nitrogens with one attached hydrogen (secondary N) is 2. The molecular formula is C22H27N3O2S. The number of thiocarbonyl (C=S) groups is 1. The third-order valence-electron chi connectivity index (χ3n) is 4.65. The lowest BCUT2D eigenvalue weighted by Gasteiger charge is -2.26. The number of ether oxygens (including phenoxy) is 1. The highest BCUT2D eigenvalue weighted by atomic mass is 32.1. The smallest absolute Gasteiger partial charge is 0.253 e. The van der Waals surface area contributed by atoms with Crippen molar-refractivity contribution in [3.63, 3.8) is 0 Å². The lowest BCUT2D eigenvalue weighted by molar-refractivity contribution is 0.0724. The largest absolute Gasteiger partial charge is 0.491 e. The number of anilines is 1. The standard InChI is InChI=1S/C22H27N3O2S/c1-17(16-27-20-8-4-2-5-9-20)23-22(28)24-19-12-10-18(11-13-19)21(26)25-14-6-3-7-15-25/h2,4-5,8-13,17H,3,6-7,14-16H2,1H3,(H2,23,24,28). The molecule has 28 heavy (non-hydrogen) atoms. The van der Waals surface area contributed by atoms with Gasteiger partial charge in [0.05, 0.1) is 6.04 Å². The highest BCUT2D eigenvalue weighted by Crippen LogP contribution is 2.15. The maximum Gasteiger partial charge on any atom is 0.253 e. The molecule has 5 nitrogen and oxygen atoms in total. The van der Waals surface area contributed by atoms with Crippen LogP contribution in [0.4, 0.5) is 5.69 Å². The summed E-state index contributed by atoms with van der Waals surface area (Å²) in [6.07, 6.45) is 3.40. The number of likely N-dealkylation sites (tertiary alicyclic amines) is 1. The quantitative estimate of drug-likeness (QED) is 0.720. The molecular weight excluding hydrogens is 370 g/mol. The predicted molar refractivity (Wildman–Crippen MR) is 117 cm³/mol. The summed E-state index contributed by atoms with van der Waals surface area (Å²) in [6.45, 7) is 4.23. The zero-order valence-electron chi connectivity index (χ0n) is 16.2. The van der Waals surface area contributed by atoms with Crippen LogP contribution in [0.2, 0.25) is 0 Å².